The van der Waals surface area contributed by atoms with Gasteiger partial charge >= 0.3 is 0 Å². The van der Waals surface area contributed by atoms with E-state index in [0.717, 1.165) is 5.56 Å². The molecule has 3 aromatic rings. The van der Waals surface area contributed by atoms with Gasteiger partial charge in [0.1, 0.15) is 35.6 Å². The standard InChI is InChI=1S/C31H46N4O4Si2/c1-30(2,3)40(8,9)37-19-26-25(39-41(10,11)31(4,5)6)18-27(38-26)35-21-34-28-23(32-20-33-29(28)35)17-16-22-14-12-13-15-24(22)36-7/h12-15,20-21,25-27H,18-19H2,1-11H3. The van der Waals surface area contributed by atoms with E-state index < -0.39 is 16.6 Å². The van der Waals surface area contributed by atoms with Crippen LogP contribution in [0, 0.1) is 11.8 Å². The first-order valence-corrected chi connectivity index (χ1v) is 20.2. The first-order valence-electron chi connectivity index (χ1n) is 14.3. The van der Waals surface area contributed by atoms with Gasteiger partial charge < -0.3 is 18.3 Å². The SMILES string of the molecule is COc1ccccc1C#Cc1ncnc2c1ncn2C1CC(O[Si](C)(C)C(C)(C)C)C(CO[Si](C)(C)C(C)(C)C)O1. The quantitative estimate of drug-likeness (QED) is 0.217. The number of nitrogens with zero attached hydrogens (tertiary/aromatic N) is 4. The molecule has 0 aliphatic carbocycles. The van der Waals surface area contributed by atoms with Crippen molar-refractivity contribution in [1.29, 1.82) is 0 Å². The van der Waals surface area contributed by atoms with E-state index in [1.165, 1.54) is 6.33 Å². The van der Waals surface area contributed by atoms with Crippen molar-refractivity contribution in [2.45, 2.75) is 103 Å². The van der Waals surface area contributed by atoms with Crippen LogP contribution in [-0.2, 0) is 13.6 Å². The van der Waals surface area contributed by atoms with Gasteiger partial charge in [0.25, 0.3) is 0 Å². The van der Waals surface area contributed by atoms with Crippen LogP contribution in [0.15, 0.2) is 36.9 Å². The number of aromatic nitrogens is 4. The van der Waals surface area contributed by atoms with E-state index in [-0.39, 0.29) is 28.5 Å². The highest BCUT2D eigenvalue weighted by molar-refractivity contribution is 6.74. The van der Waals surface area contributed by atoms with Gasteiger partial charge in [0.15, 0.2) is 22.3 Å². The second kappa shape index (κ2) is 11.6. The molecule has 0 saturated carbocycles. The third kappa shape index (κ3) is 6.76. The normalized spacial score (nSPS) is 20.2. The number of imidazole rings is 1. The van der Waals surface area contributed by atoms with Crippen LogP contribution in [0.3, 0.4) is 0 Å². The van der Waals surface area contributed by atoms with Crippen molar-refractivity contribution in [2.75, 3.05) is 13.7 Å². The summed E-state index contributed by atoms with van der Waals surface area (Å²) in [7, 11) is -2.39. The Labute approximate surface area is 247 Å². The Balaban J connectivity index is 1.63. The molecule has 1 saturated heterocycles. The van der Waals surface area contributed by atoms with Crippen molar-refractivity contribution in [2.24, 2.45) is 0 Å². The number of methoxy groups -OCH3 is 1. The Hall–Kier alpha value is -2.56. The summed E-state index contributed by atoms with van der Waals surface area (Å²) in [5.74, 6) is 7.06. The lowest BCUT2D eigenvalue weighted by Gasteiger charge is -2.40. The van der Waals surface area contributed by atoms with Gasteiger partial charge in [-0.2, -0.15) is 0 Å². The molecule has 8 nitrogen and oxygen atoms in total. The lowest BCUT2D eigenvalue weighted by molar-refractivity contribution is -0.0383. The number of rotatable bonds is 7. The summed E-state index contributed by atoms with van der Waals surface area (Å²) in [6, 6.07) is 7.66. The molecular formula is C31H46N4O4Si2. The number of para-hydroxylation sites is 1. The van der Waals surface area contributed by atoms with Crippen LogP contribution < -0.4 is 4.74 Å². The maximum absolute atomic E-state index is 6.95. The molecule has 0 radical (unpaired) electrons. The van der Waals surface area contributed by atoms with E-state index in [4.69, 9.17) is 18.3 Å². The van der Waals surface area contributed by atoms with Crippen LogP contribution >= 0.6 is 0 Å². The first kappa shape index (κ1) is 31.4. The van der Waals surface area contributed by atoms with Crippen LogP contribution in [0.4, 0.5) is 0 Å². The Morgan fingerprint density at radius 1 is 0.951 bits per heavy atom. The first-order chi connectivity index (χ1) is 19.0. The molecule has 3 heterocycles. The molecule has 222 valence electrons. The van der Waals surface area contributed by atoms with Crippen LogP contribution in [0.5, 0.6) is 5.75 Å². The lowest BCUT2D eigenvalue weighted by atomic mass is 10.2. The van der Waals surface area contributed by atoms with Gasteiger partial charge in [0, 0.05) is 6.42 Å². The zero-order chi connectivity index (χ0) is 30.2. The van der Waals surface area contributed by atoms with E-state index in [1.807, 2.05) is 28.8 Å². The van der Waals surface area contributed by atoms with E-state index >= 15 is 0 Å². The van der Waals surface area contributed by atoms with Crippen molar-refractivity contribution >= 4 is 27.8 Å². The summed E-state index contributed by atoms with van der Waals surface area (Å²) in [6.45, 7) is 23.2. The van der Waals surface area contributed by atoms with Gasteiger partial charge in [-0.1, -0.05) is 59.6 Å². The molecule has 0 bridgehead atoms. The molecule has 1 aromatic carbocycles. The predicted molar refractivity (Wildman–Crippen MR) is 168 cm³/mol. The molecule has 3 atom stereocenters. The molecule has 0 amide bonds. The van der Waals surface area contributed by atoms with Gasteiger partial charge in [-0.25, -0.2) is 15.0 Å². The van der Waals surface area contributed by atoms with Crippen molar-refractivity contribution in [1.82, 2.24) is 19.5 Å². The maximum Gasteiger partial charge on any atom is 0.192 e. The Bertz CT molecular complexity index is 1430. The monoisotopic (exact) mass is 594 g/mol. The second-order valence-corrected chi connectivity index (χ2v) is 23.4. The van der Waals surface area contributed by atoms with Gasteiger partial charge in [-0.3, -0.25) is 4.57 Å². The molecule has 41 heavy (non-hydrogen) atoms. The summed E-state index contributed by atoms with van der Waals surface area (Å²) in [6.07, 6.45) is 3.44. The van der Waals surface area contributed by atoms with Gasteiger partial charge in [0.2, 0.25) is 0 Å². The molecule has 2 aromatic heterocycles. The largest absolute Gasteiger partial charge is 0.495 e. The van der Waals surface area contributed by atoms with E-state index in [9.17, 15) is 0 Å². The molecule has 0 spiro atoms. The summed E-state index contributed by atoms with van der Waals surface area (Å²) >= 11 is 0. The minimum atomic E-state index is -2.05. The smallest absolute Gasteiger partial charge is 0.192 e. The zero-order valence-electron chi connectivity index (χ0n) is 26.5. The van der Waals surface area contributed by atoms with Crippen LogP contribution in [-0.4, -0.2) is 62.1 Å². The fraction of sp³-hybridized carbons (Fsp3) is 0.581. The minimum absolute atomic E-state index is 0.0832. The Morgan fingerprint density at radius 3 is 2.29 bits per heavy atom. The van der Waals surface area contributed by atoms with Crippen molar-refractivity contribution in [3.63, 3.8) is 0 Å². The Morgan fingerprint density at radius 2 is 1.63 bits per heavy atom. The van der Waals surface area contributed by atoms with Crippen molar-refractivity contribution in [3.05, 3.63) is 48.2 Å². The number of hydrogen-bond acceptors (Lipinski definition) is 7. The minimum Gasteiger partial charge on any atom is -0.495 e. The van der Waals surface area contributed by atoms with Crippen LogP contribution in [0.25, 0.3) is 11.2 Å². The average Bonchev–Trinajstić information content (AvgIpc) is 3.49. The summed E-state index contributed by atoms with van der Waals surface area (Å²) in [5.41, 5.74) is 2.67. The highest BCUT2D eigenvalue weighted by atomic mass is 28.4. The lowest BCUT2D eigenvalue weighted by Crippen LogP contribution is -2.48. The van der Waals surface area contributed by atoms with E-state index in [0.29, 0.717) is 35.6 Å². The zero-order valence-corrected chi connectivity index (χ0v) is 28.5. The fourth-order valence-corrected chi connectivity index (χ4v) is 6.61. The molecule has 10 heteroatoms. The molecule has 1 aliphatic heterocycles. The topological polar surface area (TPSA) is 80.5 Å². The highest BCUT2D eigenvalue weighted by Gasteiger charge is 2.46. The third-order valence-electron chi connectivity index (χ3n) is 8.94. The maximum atomic E-state index is 6.95. The molecule has 3 unspecified atom stereocenters. The van der Waals surface area contributed by atoms with Crippen molar-refractivity contribution in [3.8, 4) is 17.6 Å². The fourth-order valence-electron chi connectivity index (χ4n) is 4.24. The van der Waals surface area contributed by atoms with Gasteiger partial charge in [-0.05, 0) is 54.3 Å². The summed E-state index contributed by atoms with van der Waals surface area (Å²) in [5, 5.41) is 0.194. The van der Waals surface area contributed by atoms with Gasteiger partial charge in [-0.15, -0.1) is 0 Å². The van der Waals surface area contributed by atoms with Crippen LogP contribution in [0.1, 0.15) is 65.4 Å². The number of benzene rings is 1. The van der Waals surface area contributed by atoms with Gasteiger partial charge in [0.05, 0.1) is 31.7 Å². The molecule has 1 aliphatic rings. The van der Waals surface area contributed by atoms with Crippen LogP contribution in [0.2, 0.25) is 36.3 Å². The van der Waals surface area contributed by atoms with E-state index in [1.54, 1.807) is 13.4 Å². The highest BCUT2D eigenvalue weighted by Crippen LogP contribution is 2.43. The molecule has 1 fully saturated rings. The van der Waals surface area contributed by atoms with E-state index in [2.05, 4.69) is 94.5 Å². The van der Waals surface area contributed by atoms with Crippen molar-refractivity contribution < 1.29 is 18.3 Å². The Kier molecular flexibility index (Phi) is 8.89. The third-order valence-corrected chi connectivity index (χ3v) is 17.9. The molecule has 4 rings (SSSR count). The number of ether oxygens (including phenoxy) is 2. The number of hydrogen-bond donors (Lipinski definition) is 0. The second-order valence-electron chi connectivity index (χ2n) is 13.8. The molecule has 0 N–H and O–H groups in total. The average molecular weight is 595 g/mol. The predicted octanol–water partition coefficient (Wildman–Crippen LogP) is 6.93. The molecular weight excluding hydrogens is 549 g/mol. The summed E-state index contributed by atoms with van der Waals surface area (Å²) in [4.78, 5) is 13.7. The number of fused-ring (bicyclic) bond motifs is 1. The summed E-state index contributed by atoms with van der Waals surface area (Å²) < 4.78 is 27.7.